The van der Waals surface area contributed by atoms with E-state index in [4.69, 9.17) is 4.74 Å². The van der Waals surface area contributed by atoms with Crippen LogP contribution in [0.1, 0.15) is 34.8 Å². The molecule has 25 heavy (non-hydrogen) atoms. The van der Waals surface area contributed by atoms with Crippen molar-refractivity contribution in [2.24, 2.45) is 0 Å². The zero-order valence-electron chi connectivity index (χ0n) is 13.8. The molecular weight excluding hydrogens is 320 g/mol. The molecule has 2 aliphatic rings. The summed E-state index contributed by atoms with van der Waals surface area (Å²) in [7, 11) is 0. The number of likely N-dealkylation sites (tertiary alicyclic amines) is 1. The van der Waals surface area contributed by atoms with Crippen LogP contribution in [0.4, 0.5) is 4.79 Å². The number of carbonyl (C=O) groups excluding carboxylic acids is 2. The summed E-state index contributed by atoms with van der Waals surface area (Å²) in [6, 6.07) is 10.0. The van der Waals surface area contributed by atoms with Crippen LogP contribution in [-0.4, -0.2) is 57.7 Å². The third-order valence-corrected chi connectivity index (χ3v) is 4.99. The van der Waals surface area contributed by atoms with E-state index in [1.165, 1.54) is 6.20 Å². The number of amides is 2. The summed E-state index contributed by atoms with van der Waals surface area (Å²) in [6.45, 7) is 1.64. The second kappa shape index (κ2) is 6.58. The molecule has 2 aliphatic heterocycles. The topological polar surface area (TPSA) is 78.5 Å². The standard InChI is InChI=1S/C18H20N4O3/c23-17(14-10-19-20-11-14)21-8-6-15(7-9-21)22-16(12-25-18(22)24)13-4-2-1-3-5-13/h1-5,10-11,15-16H,6-9,12H2,(H,19,20). The maximum Gasteiger partial charge on any atom is 0.410 e. The van der Waals surface area contributed by atoms with E-state index >= 15 is 0 Å². The zero-order valence-corrected chi connectivity index (χ0v) is 13.8. The van der Waals surface area contributed by atoms with Gasteiger partial charge in [0.2, 0.25) is 0 Å². The van der Waals surface area contributed by atoms with Gasteiger partial charge in [0.05, 0.1) is 17.8 Å². The first-order chi connectivity index (χ1) is 12.2. The monoisotopic (exact) mass is 340 g/mol. The summed E-state index contributed by atoms with van der Waals surface area (Å²) in [5.41, 5.74) is 1.66. The van der Waals surface area contributed by atoms with Gasteiger partial charge in [-0.2, -0.15) is 5.10 Å². The van der Waals surface area contributed by atoms with Gasteiger partial charge in [0.25, 0.3) is 5.91 Å². The van der Waals surface area contributed by atoms with Crippen LogP contribution >= 0.6 is 0 Å². The molecule has 2 amide bonds. The first-order valence-corrected chi connectivity index (χ1v) is 8.52. The van der Waals surface area contributed by atoms with Crippen molar-refractivity contribution in [3.63, 3.8) is 0 Å². The van der Waals surface area contributed by atoms with Gasteiger partial charge in [0, 0.05) is 25.3 Å². The Hall–Kier alpha value is -2.83. The van der Waals surface area contributed by atoms with Gasteiger partial charge in [0.1, 0.15) is 6.61 Å². The third-order valence-electron chi connectivity index (χ3n) is 4.99. The van der Waals surface area contributed by atoms with Crippen LogP contribution in [0.5, 0.6) is 0 Å². The molecule has 1 unspecified atom stereocenters. The molecule has 7 heteroatoms. The Balaban J connectivity index is 1.44. The SMILES string of the molecule is O=C(c1cn[nH]c1)N1CCC(N2C(=O)OCC2c2ccccc2)CC1. The Morgan fingerprint density at radius 2 is 1.96 bits per heavy atom. The predicted octanol–water partition coefficient (Wildman–Crippen LogP) is 2.21. The van der Waals surface area contributed by atoms with E-state index in [0.717, 1.165) is 18.4 Å². The molecule has 7 nitrogen and oxygen atoms in total. The summed E-state index contributed by atoms with van der Waals surface area (Å²) in [4.78, 5) is 28.3. The van der Waals surface area contributed by atoms with Gasteiger partial charge >= 0.3 is 6.09 Å². The zero-order chi connectivity index (χ0) is 17.2. The molecule has 4 rings (SSSR count). The number of rotatable bonds is 3. The molecule has 1 aromatic carbocycles. The molecule has 0 bridgehead atoms. The quantitative estimate of drug-likeness (QED) is 0.929. The molecule has 2 saturated heterocycles. The fraction of sp³-hybridized carbons (Fsp3) is 0.389. The molecule has 1 aromatic heterocycles. The van der Waals surface area contributed by atoms with E-state index < -0.39 is 0 Å². The first-order valence-electron chi connectivity index (χ1n) is 8.52. The Morgan fingerprint density at radius 3 is 2.64 bits per heavy atom. The lowest BCUT2D eigenvalue weighted by molar-refractivity contribution is 0.0636. The summed E-state index contributed by atoms with van der Waals surface area (Å²) < 4.78 is 5.31. The molecule has 1 atom stereocenters. The number of nitrogens with zero attached hydrogens (tertiary/aromatic N) is 3. The minimum atomic E-state index is -0.256. The Morgan fingerprint density at radius 1 is 1.20 bits per heavy atom. The van der Waals surface area contributed by atoms with Crippen molar-refractivity contribution in [1.29, 1.82) is 0 Å². The van der Waals surface area contributed by atoms with Gasteiger partial charge in [-0.15, -0.1) is 0 Å². The van der Waals surface area contributed by atoms with E-state index in [2.05, 4.69) is 10.2 Å². The number of aromatic nitrogens is 2. The van der Waals surface area contributed by atoms with Gasteiger partial charge < -0.3 is 9.64 Å². The highest BCUT2D eigenvalue weighted by atomic mass is 16.6. The fourth-order valence-electron chi connectivity index (χ4n) is 3.67. The van der Waals surface area contributed by atoms with E-state index in [1.54, 1.807) is 6.20 Å². The van der Waals surface area contributed by atoms with Crippen LogP contribution in [0.2, 0.25) is 0 Å². The average molecular weight is 340 g/mol. The number of hydrogen-bond acceptors (Lipinski definition) is 4. The minimum Gasteiger partial charge on any atom is -0.447 e. The highest BCUT2D eigenvalue weighted by Crippen LogP contribution is 2.33. The molecule has 2 aromatic rings. The smallest absolute Gasteiger partial charge is 0.410 e. The molecule has 130 valence electrons. The lowest BCUT2D eigenvalue weighted by Crippen LogP contribution is -2.47. The number of carbonyl (C=O) groups is 2. The lowest BCUT2D eigenvalue weighted by atomic mass is 9.99. The molecule has 0 radical (unpaired) electrons. The van der Waals surface area contributed by atoms with Crippen LogP contribution < -0.4 is 0 Å². The van der Waals surface area contributed by atoms with Crippen LogP contribution in [0, 0.1) is 0 Å². The number of aromatic amines is 1. The second-order valence-electron chi connectivity index (χ2n) is 6.42. The first kappa shape index (κ1) is 15.7. The second-order valence-corrected chi connectivity index (χ2v) is 6.42. The summed E-state index contributed by atoms with van der Waals surface area (Å²) in [5.74, 6) is -0.0178. The number of hydrogen-bond donors (Lipinski definition) is 1. The Bertz CT molecular complexity index is 739. The summed E-state index contributed by atoms with van der Waals surface area (Å²) in [6.07, 6.45) is 4.40. The maximum atomic E-state index is 12.4. The number of H-pyrrole nitrogens is 1. The number of cyclic esters (lactones) is 1. The van der Waals surface area contributed by atoms with Crippen molar-refractivity contribution in [2.75, 3.05) is 19.7 Å². The van der Waals surface area contributed by atoms with Crippen LogP contribution in [-0.2, 0) is 4.74 Å². The molecule has 2 fully saturated rings. The number of benzene rings is 1. The Labute approximate surface area is 145 Å². The average Bonchev–Trinajstić information content (AvgIpc) is 3.32. The van der Waals surface area contributed by atoms with Crippen molar-refractivity contribution in [1.82, 2.24) is 20.0 Å². The summed E-state index contributed by atoms with van der Waals surface area (Å²) in [5, 5.41) is 6.49. The molecule has 0 spiro atoms. The molecule has 0 aliphatic carbocycles. The highest BCUT2D eigenvalue weighted by molar-refractivity contribution is 5.93. The van der Waals surface area contributed by atoms with Crippen molar-refractivity contribution in [3.8, 4) is 0 Å². The van der Waals surface area contributed by atoms with Gasteiger partial charge in [-0.05, 0) is 18.4 Å². The van der Waals surface area contributed by atoms with Crippen molar-refractivity contribution < 1.29 is 14.3 Å². The maximum absolute atomic E-state index is 12.4. The van der Waals surface area contributed by atoms with Crippen LogP contribution in [0.15, 0.2) is 42.7 Å². The number of nitrogens with one attached hydrogen (secondary N) is 1. The minimum absolute atomic E-state index is 0.0178. The lowest BCUT2D eigenvalue weighted by Gasteiger charge is -2.37. The highest BCUT2D eigenvalue weighted by Gasteiger charge is 2.40. The third kappa shape index (κ3) is 2.97. The normalized spacial score (nSPS) is 21.4. The number of ether oxygens (including phenoxy) is 1. The van der Waals surface area contributed by atoms with E-state index in [-0.39, 0.29) is 24.1 Å². The van der Waals surface area contributed by atoms with Gasteiger partial charge in [-0.3, -0.25) is 14.8 Å². The van der Waals surface area contributed by atoms with Gasteiger partial charge in [0.15, 0.2) is 0 Å². The van der Waals surface area contributed by atoms with Gasteiger partial charge in [-0.1, -0.05) is 30.3 Å². The Kier molecular flexibility index (Phi) is 4.13. The van der Waals surface area contributed by atoms with Crippen LogP contribution in [0.25, 0.3) is 0 Å². The summed E-state index contributed by atoms with van der Waals surface area (Å²) >= 11 is 0. The molecule has 3 heterocycles. The predicted molar refractivity (Wildman–Crippen MR) is 89.9 cm³/mol. The molecule has 0 saturated carbocycles. The molecular formula is C18H20N4O3. The largest absolute Gasteiger partial charge is 0.447 e. The van der Waals surface area contributed by atoms with Gasteiger partial charge in [-0.25, -0.2) is 4.79 Å². The van der Waals surface area contributed by atoms with Crippen molar-refractivity contribution in [2.45, 2.75) is 24.9 Å². The molecule has 1 N–H and O–H groups in total. The van der Waals surface area contributed by atoms with Crippen LogP contribution in [0.3, 0.4) is 0 Å². The number of piperidine rings is 1. The van der Waals surface area contributed by atoms with Crippen molar-refractivity contribution in [3.05, 3.63) is 53.9 Å². The van der Waals surface area contributed by atoms with E-state index in [0.29, 0.717) is 25.3 Å². The van der Waals surface area contributed by atoms with Crippen molar-refractivity contribution >= 4 is 12.0 Å². The van der Waals surface area contributed by atoms with E-state index in [1.807, 2.05) is 40.1 Å². The fourth-order valence-corrected chi connectivity index (χ4v) is 3.67. The van der Waals surface area contributed by atoms with E-state index in [9.17, 15) is 9.59 Å².